The molecule has 1 fully saturated rings. The maximum atomic E-state index is 5.42. The van der Waals surface area contributed by atoms with Crippen LogP contribution in [0.4, 0.5) is 11.4 Å². The standard InChI is InChI=1S/C15H23N3OS2/c1-21-12-4-7-16-15(20)17-13-5-2-3-6-14(13)18-8-10-19-11-9-18/h2-3,5-6H,4,7-12H2,1H3,(H2,16,17,20). The van der Waals surface area contributed by atoms with E-state index in [0.717, 1.165) is 50.7 Å². The summed E-state index contributed by atoms with van der Waals surface area (Å²) < 4.78 is 5.42. The Bertz CT molecular complexity index is 450. The highest BCUT2D eigenvalue weighted by Gasteiger charge is 2.14. The first kappa shape index (κ1) is 16.4. The van der Waals surface area contributed by atoms with Crippen LogP contribution in [0.2, 0.25) is 0 Å². The predicted octanol–water partition coefficient (Wildman–Crippen LogP) is 2.56. The molecular formula is C15H23N3OS2. The van der Waals surface area contributed by atoms with Crippen molar-refractivity contribution in [1.29, 1.82) is 0 Å². The number of thiocarbonyl (C=S) groups is 1. The van der Waals surface area contributed by atoms with E-state index in [1.165, 1.54) is 5.69 Å². The third-order valence-corrected chi connectivity index (χ3v) is 4.26. The number of anilines is 2. The normalized spacial score (nSPS) is 14.8. The number of nitrogens with one attached hydrogen (secondary N) is 2. The highest BCUT2D eigenvalue weighted by molar-refractivity contribution is 7.98. The second kappa shape index (κ2) is 9.12. The van der Waals surface area contributed by atoms with Gasteiger partial charge in [0.25, 0.3) is 0 Å². The number of thioether (sulfide) groups is 1. The second-order valence-corrected chi connectivity index (χ2v) is 6.24. The van der Waals surface area contributed by atoms with Crippen molar-refractivity contribution in [3.63, 3.8) is 0 Å². The van der Waals surface area contributed by atoms with Gasteiger partial charge in [-0.15, -0.1) is 0 Å². The van der Waals surface area contributed by atoms with Crippen molar-refractivity contribution < 1.29 is 4.74 Å². The molecule has 1 saturated heterocycles. The first-order chi connectivity index (χ1) is 10.3. The van der Waals surface area contributed by atoms with Crippen molar-refractivity contribution in [3.8, 4) is 0 Å². The third kappa shape index (κ3) is 5.37. The molecule has 0 saturated carbocycles. The monoisotopic (exact) mass is 325 g/mol. The van der Waals surface area contributed by atoms with E-state index in [4.69, 9.17) is 17.0 Å². The number of benzene rings is 1. The van der Waals surface area contributed by atoms with Crippen molar-refractivity contribution in [2.75, 3.05) is 55.1 Å². The van der Waals surface area contributed by atoms with Gasteiger partial charge in [0.1, 0.15) is 0 Å². The lowest BCUT2D eigenvalue weighted by Gasteiger charge is -2.30. The van der Waals surface area contributed by atoms with Gasteiger partial charge in [-0.1, -0.05) is 12.1 Å². The highest BCUT2D eigenvalue weighted by Crippen LogP contribution is 2.26. The van der Waals surface area contributed by atoms with Crippen LogP contribution < -0.4 is 15.5 Å². The van der Waals surface area contributed by atoms with Gasteiger partial charge in [0, 0.05) is 19.6 Å². The summed E-state index contributed by atoms with van der Waals surface area (Å²) in [4.78, 5) is 2.34. The molecule has 1 heterocycles. The molecule has 0 atom stereocenters. The molecule has 1 aromatic carbocycles. The fourth-order valence-corrected chi connectivity index (χ4v) is 2.89. The molecule has 2 rings (SSSR count). The topological polar surface area (TPSA) is 36.5 Å². The summed E-state index contributed by atoms with van der Waals surface area (Å²) in [7, 11) is 0. The van der Waals surface area contributed by atoms with E-state index in [1.54, 1.807) is 0 Å². The van der Waals surface area contributed by atoms with Crippen LogP contribution in [-0.4, -0.2) is 50.0 Å². The van der Waals surface area contributed by atoms with Crippen molar-refractivity contribution in [2.24, 2.45) is 0 Å². The number of para-hydroxylation sites is 2. The largest absolute Gasteiger partial charge is 0.378 e. The van der Waals surface area contributed by atoms with Gasteiger partial charge in [0.2, 0.25) is 0 Å². The molecule has 6 heteroatoms. The van der Waals surface area contributed by atoms with Crippen molar-refractivity contribution >= 4 is 40.5 Å². The predicted molar refractivity (Wildman–Crippen MR) is 96.7 cm³/mol. The summed E-state index contributed by atoms with van der Waals surface area (Å²) in [6, 6.07) is 8.29. The highest BCUT2D eigenvalue weighted by atomic mass is 32.2. The minimum atomic E-state index is 0.691. The number of nitrogens with zero attached hydrogens (tertiary/aromatic N) is 1. The molecule has 2 N–H and O–H groups in total. The Balaban J connectivity index is 1.91. The van der Waals surface area contributed by atoms with Crippen LogP contribution in [0.3, 0.4) is 0 Å². The maximum Gasteiger partial charge on any atom is 0.170 e. The maximum absolute atomic E-state index is 5.42. The molecule has 0 radical (unpaired) electrons. The molecule has 1 aliphatic heterocycles. The Kier molecular flexibility index (Phi) is 7.12. The minimum absolute atomic E-state index is 0.691. The van der Waals surface area contributed by atoms with Gasteiger partial charge in [-0.25, -0.2) is 0 Å². The number of morpholine rings is 1. The molecule has 4 nitrogen and oxygen atoms in total. The summed E-state index contributed by atoms with van der Waals surface area (Å²) in [6.45, 7) is 4.32. The van der Waals surface area contributed by atoms with Gasteiger partial charge in [-0.05, 0) is 42.8 Å². The Hall–Kier alpha value is -0.980. The van der Waals surface area contributed by atoms with E-state index in [9.17, 15) is 0 Å². The van der Waals surface area contributed by atoms with Gasteiger partial charge in [0.05, 0.1) is 24.6 Å². The molecule has 0 unspecified atom stereocenters. The molecule has 21 heavy (non-hydrogen) atoms. The fraction of sp³-hybridized carbons (Fsp3) is 0.533. The van der Waals surface area contributed by atoms with Gasteiger partial charge in [0.15, 0.2) is 5.11 Å². The number of hydrogen-bond donors (Lipinski definition) is 2. The van der Waals surface area contributed by atoms with Crippen LogP contribution >= 0.6 is 24.0 Å². The Morgan fingerprint density at radius 2 is 2.10 bits per heavy atom. The zero-order valence-corrected chi connectivity index (χ0v) is 14.1. The molecular weight excluding hydrogens is 302 g/mol. The third-order valence-electron chi connectivity index (χ3n) is 3.31. The number of rotatable bonds is 6. The summed E-state index contributed by atoms with van der Waals surface area (Å²) in [5.41, 5.74) is 2.25. The first-order valence-electron chi connectivity index (χ1n) is 7.27. The average molecular weight is 326 g/mol. The lowest BCUT2D eigenvalue weighted by atomic mass is 10.2. The van der Waals surface area contributed by atoms with Crippen LogP contribution in [-0.2, 0) is 4.74 Å². The number of hydrogen-bond acceptors (Lipinski definition) is 4. The molecule has 0 bridgehead atoms. The summed E-state index contributed by atoms with van der Waals surface area (Å²) in [5.74, 6) is 1.15. The molecule has 1 aliphatic rings. The van der Waals surface area contributed by atoms with E-state index in [1.807, 2.05) is 17.8 Å². The lowest BCUT2D eigenvalue weighted by Crippen LogP contribution is -2.37. The van der Waals surface area contributed by atoms with Crippen molar-refractivity contribution in [3.05, 3.63) is 24.3 Å². The van der Waals surface area contributed by atoms with Crippen LogP contribution in [0.5, 0.6) is 0 Å². The first-order valence-corrected chi connectivity index (χ1v) is 9.07. The van der Waals surface area contributed by atoms with E-state index in [-0.39, 0.29) is 0 Å². The molecule has 116 valence electrons. The van der Waals surface area contributed by atoms with Crippen LogP contribution in [0.25, 0.3) is 0 Å². The van der Waals surface area contributed by atoms with Gasteiger partial charge < -0.3 is 20.3 Å². The SMILES string of the molecule is CSCCCNC(=S)Nc1ccccc1N1CCOCC1. The van der Waals surface area contributed by atoms with Crippen LogP contribution in [0, 0.1) is 0 Å². The quantitative estimate of drug-likeness (QED) is 0.618. The number of ether oxygens (including phenoxy) is 1. The molecule has 0 spiro atoms. The Labute approximate surface area is 136 Å². The molecule has 0 aliphatic carbocycles. The van der Waals surface area contributed by atoms with Crippen LogP contribution in [0.1, 0.15) is 6.42 Å². The lowest BCUT2D eigenvalue weighted by molar-refractivity contribution is 0.123. The Morgan fingerprint density at radius 1 is 1.33 bits per heavy atom. The van der Waals surface area contributed by atoms with Crippen molar-refractivity contribution in [2.45, 2.75) is 6.42 Å². The fourth-order valence-electron chi connectivity index (χ4n) is 2.24. The average Bonchev–Trinajstić information content (AvgIpc) is 2.53. The molecule has 0 amide bonds. The molecule has 1 aromatic rings. The Morgan fingerprint density at radius 3 is 2.86 bits per heavy atom. The van der Waals surface area contributed by atoms with E-state index in [2.05, 4.69) is 40.0 Å². The smallest absolute Gasteiger partial charge is 0.170 e. The van der Waals surface area contributed by atoms with Gasteiger partial charge in [-0.2, -0.15) is 11.8 Å². The summed E-state index contributed by atoms with van der Waals surface area (Å²) >= 11 is 7.23. The van der Waals surface area contributed by atoms with Gasteiger partial charge >= 0.3 is 0 Å². The summed E-state index contributed by atoms with van der Waals surface area (Å²) in [5, 5.41) is 7.27. The second-order valence-electron chi connectivity index (χ2n) is 4.84. The van der Waals surface area contributed by atoms with E-state index in [0.29, 0.717) is 5.11 Å². The van der Waals surface area contributed by atoms with Gasteiger partial charge in [-0.3, -0.25) is 0 Å². The van der Waals surface area contributed by atoms with Crippen molar-refractivity contribution in [1.82, 2.24) is 5.32 Å². The zero-order chi connectivity index (χ0) is 14.9. The van der Waals surface area contributed by atoms with Crippen LogP contribution in [0.15, 0.2) is 24.3 Å². The van der Waals surface area contributed by atoms with E-state index < -0.39 is 0 Å². The molecule has 0 aromatic heterocycles. The summed E-state index contributed by atoms with van der Waals surface area (Å²) in [6.07, 6.45) is 3.24. The zero-order valence-electron chi connectivity index (χ0n) is 12.4. The minimum Gasteiger partial charge on any atom is -0.378 e. The van der Waals surface area contributed by atoms with E-state index >= 15 is 0 Å².